The van der Waals surface area contributed by atoms with Crippen LogP contribution in [-0.2, 0) is 25.6 Å². The number of nitrogens with two attached hydrogens (primary N) is 1. The highest BCUT2D eigenvalue weighted by atomic mass is 16.2. The minimum absolute atomic E-state index is 0.0774. The number of fused-ring (bicyclic) bond motifs is 3. The van der Waals surface area contributed by atoms with Crippen molar-refractivity contribution in [3.05, 3.63) is 322 Å². The van der Waals surface area contributed by atoms with Crippen molar-refractivity contribution in [3.63, 3.8) is 0 Å². The standard InChI is InChI=1S/C30H23N3O2.C24H19N3O.C22H18N4O.2CO2/c34-29(23-10-3-1-4-11-23)20-21-15-17-27-25(19-21)28(33-32-27)18-16-22-9-7-8-14-26(22)31-30(35)24-12-5-2-6-13-24;1-2-17-12-14-22-20(16-17)23(27-26-22)15-13-18-8-6-7-11-21(18)25-24(28)19-9-4-3-5-10-19;23-18-8-4-5-9-21(18)24-22(27)16-11-13-20-17(14-16)19(25-26-20)12-10-15-6-2-1-3-7-15;2*2-1-3/h1-19H,20H2,(H,31,35)(H,32,33);2-16H,1H2,(H,25,28)(H,26,27);1-14H,23H2,(H,24,27)(H,25,26);;/b18-16+;15-13+;12-10+;;. The number of benzene rings is 10. The van der Waals surface area contributed by atoms with Crippen molar-refractivity contribution in [3.8, 4) is 0 Å². The van der Waals surface area contributed by atoms with Gasteiger partial charge in [0.1, 0.15) is 0 Å². The molecule has 0 saturated heterocycles. The second-order valence-corrected chi connectivity index (χ2v) is 20.9. The van der Waals surface area contributed by atoms with E-state index < -0.39 is 0 Å². The molecule has 96 heavy (non-hydrogen) atoms. The molecule has 0 unspecified atom stereocenters. The summed E-state index contributed by atoms with van der Waals surface area (Å²) in [7, 11) is 0. The number of anilines is 4. The summed E-state index contributed by atoms with van der Waals surface area (Å²) in [5.74, 6) is -0.433. The van der Waals surface area contributed by atoms with E-state index in [0.29, 0.717) is 40.0 Å². The third-order valence-electron chi connectivity index (χ3n) is 14.6. The van der Waals surface area contributed by atoms with Gasteiger partial charge < -0.3 is 21.7 Å². The quantitative estimate of drug-likeness (QED) is 0.0351. The Morgan fingerprint density at radius 2 is 0.865 bits per heavy atom. The normalized spacial score (nSPS) is 10.5. The van der Waals surface area contributed by atoms with Gasteiger partial charge in [-0.15, -0.1) is 0 Å². The Balaban J connectivity index is 0.000000164. The van der Waals surface area contributed by atoms with E-state index in [1.807, 2.05) is 243 Å². The SMILES string of the molecule is C=Cc1ccc2n[nH]c(/C=C/c3ccccc3NC(=O)c3ccccc3)c2c1.Nc1ccccc1NC(=O)c1ccc2[nH]nc(/C=C/c3ccccc3)c2c1.O=C(Cc1ccc2n[nH]c(/C=C/c3ccccc3NC(=O)c3ccccc3)c2c1)c1ccccc1.O=C=O.O=C=O. The average Bonchev–Trinajstić information content (AvgIpc) is 1.70. The van der Waals surface area contributed by atoms with Gasteiger partial charge in [0.2, 0.25) is 0 Å². The maximum absolute atomic E-state index is 12.6. The van der Waals surface area contributed by atoms with Gasteiger partial charge in [0.05, 0.1) is 45.0 Å². The van der Waals surface area contributed by atoms with E-state index in [-0.39, 0.29) is 35.8 Å². The largest absolute Gasteiger partial charge is 0.397 e. The molecule has 13 aromatic rings. The van der Waals surface area contributed by atoms with E-state index in [1.165, 1.54) is 0 Å². The Kier molecular flexibility index (Phi) is 23.5. The second kappa shape index (κ2) is 33.9. The average molecular weight is 1270 g/mol. The van der Waals surface area contributed by atoms with Gasteiger partial charge in [-0.25, -0.2) is 0 Å². The lowest BCUT2D eigenvalue weighted by Gasteiger charge is -2.08. The van der Waals surface area contributed by atoms with Crippen molar-refractivity contribution < 1.29 is 38.4 Å². The van der Waals surface area contributed by atoms with E-state index in [2.05, 4.69) is 59.2 Å². The van der Waals surface area contributed by atoms with Crippen molar-refractivity contribution in [1.29, 1.82) is 0 Å². The Morgan fingerprint density at radius 1 is 0.406 bits per heavy atom. The van der Waals surface area contributed by atoms with Crippen molar-refractivity contribution >= 4 is 134 Å². The number of hydrogen-bond acceptors (Lipinski definition) is 12. The van der Waals surface area contributed by atoms with Crippen LogP contribution in [0.25, 0.3) is 75.2 Å². The molecule has 0 aliphatic heterocycles. The first-order valence-corrected chi connectivity index (χ1v) is 29.7. The first-order valence-electron chi connectivity index (χ1n) is 29.7. The van der Waals surface area contributed by atoms with Crippen molar-refractivity contribution in [2.24, 2.45) is 0 Å². The number of Topliss-reactive ketones (excluding diaryl/α,β-unsaturated/α-hetero) is 1. The van der Waals surface area contributed by atoms with Crippen LogP contribution in [0.4, 0.5) is 22.7 Å². The lowest BCUT2D eigenvalue weighted by Crippen LogP contribution is -2.13. The summed E-state index contributed by atoms with van der Waals surface area (Å²) in [6, 6.07) is 77.4. The molecule has 0 aliphatic rings. The molecule has 0 bridgehead atoms. The van der Waals surface area contributed by atoms with Crippen molar-refractivity contribution in [1.82, 2.24) is 30.6 Å². The summed E-state index contributed by atoms with van der Waals surface area (Å²) in [5, 5.41) is 33.9. The lowest BCUT2D eigenvalue weighted by molar-refractivity contribution is -0.193. The van der Waals surface area contributed by atoms with Gasteiger partial charge >= 0.3 is 12.3 Å². The number of nitrogen functional groups attached to an aromatic ring is 1. The predicted octanol–water partition coefficient (Wildman–Crippen LogP) is 15.4. The highest BCUT2D eigenvalue weighted by molar-refractivity contribution is 6.09. The summed E-state index contributed by atoms with van der Waals surface area (Å²) in [6.45, 7) is 3.82. The molecule has 0 saturated carbocycles. The van der Waals surface area contributed by atoms with E-state index in [0.717, 1.165) is 89.0 Å². The molecule has 0 radical (unpaired) electrons. The number of carbonyl (C=O) groups excluding carboxylic acids is 8. The molecule has 13 rings (SSSR count). The summed E-state index contributed by atoms with van der Waals surface area (Å²) >= 11 is 0. The summed E-state index contributed by atoms with van der Waals surface area (Å²) in [5.41, 5.74) is 20.9. The molecule has 3 heterocycles. The molecule has 3 amide bonds. The molecule has 0 fully saturated rings. The number of aromatic amines is 3. The monoisotopic (exact) mass is 1260 g/mol. The Morgan fingerprint density at radius 3 is 1.41 bits per heavy atom. The number of H-pyrrole nitrogens is 3. The minimum atomic E-state index is -0.214. The van der Waals surface area contributed by atoms with Gasteiger partial charge in [-0.2, -0.15) is 34.5 Å². The molecule has 0 aliphatic carbocycles. The van der Waals surface area contributed by atoms with Gasteiger partial charge in [0, 0.05) is 56.2 Å². The predicted molar refractivity (Wildman–Crippen MR) is 377 cm³/mol. The van der Waals surface area contributed by atoms with Crippen LogP contribution >= 0.6 is 0 Å². The van der Waals surface area contributed by atoms with Gasteiger partial charge in [-0.05, 0) is 137 Å². The van der Waals surface area contributed by atoms with E-state index in [9.17, 15) is 19.2 Å². The smallest absolute Gasteiger partial charge is 0.373 e. The zero-order chi connectivity index (χ0) is 67.4. The number of nitrogens with one attached hydrogen (secondary N) is 6. The molecule has 0 atom stereocenters. The fourth-order valence-electron chi connectivity index (χ4n) is 9.80. The van der Waals surface area contributed by atoms with Crippen molar-refractivity contribution in [2.75, 3.05) is 21.7 Å². The number of carbonyl (C=O) groups is 4. The molecule has 18 heteroatoms. The van der Waals surface area contributed by atoms with Gasteiger partial charge in [-0.1, -0.05) is 189 Å². The maximum atomic E-state index is 12.6. The molecule has 10 aromatic carbocycles. The summed E-state index contributed by atoms with van der Waals surface area (Å²) in [4.78, 5) is 82.9. The first kappa shape index (κ1) is 66.6. The molecular formula is C78H60N10O8. The number of hydrogen-bond donors (Lipinski definition) is 7. The van der Waals surface area contributed by atoms with Gasteiger partial charge in [0.25, 0.3) is 17.7 Å². The highest BCUT2D eigenvalue weighted by Gasteiger charge is 2.14. The maximum Gasteiger partial charge on any atom is 0.373 e. The minimum Gasteiger partial charge on any atom is -0.397 e. The third kappa shape index (κ3) is 18.2. The molecule has 470 valence electrons. The van der Waals surface area contributed by atoms with Gasteiger partial charge in [0.15, 0.2) is 5.78 Å². The number of para-hydroxylation sites is 4. The molecule has 8 N–H and O–H groups in total. The van der Waals surface area contributed by atoms with Crippen LogP contribution in [0.15, 0.2) is 255 Å². The van der Waals surface area contributed by atoms with Crippen LogP contribution in [-0.4, -0.2) is 66.4 Å². The number of amides is 3. The van der Waals surface area contributed by atoms with E-state index in [4.69, 9.17) is 24.9 Å². The number of ketones is 1. The summed E-state index contributed by atoms with van der Waals surface area (Å²) in [6.07, 6.45) is 14.4. The Labute approximate surface area is 550 Å². The Hall–Kier alpha value is -13.8. The summed E-state index contributed by atoms with van der Waals surface area (Å²) < 4.78 is 0. The molecule has 0 spiro atoms. The fourth-order valence-corrected chi connectivity index (χ4v) is 9.80. The van der Waals surface area contributed by atoms with E-state index >= 15 is 0 Å². The number of aromatic nitrogens is 6. The van der Waals surface area contributed by atoms with Gasteiger partial charge in [-0.3, -0.25) is 34.5 Å². The first-order chi connectivity index (χ1) is 46.9. The number of nitrogens with zero attached hydrogens (tertiary/aromatic N) is 3. The molecular weight excluding hydrogens is 1200 g/mol. The Bertz CT molecular complexity index is 5000. The topological polar surface area (TPSA) is 285 Å². The molecule has 18 nitrogen and oxygen atoms in total. The van der Waals surface area contributed by atoms with Crippen LogP contribution in [0.1, 0.15) is 86.3 Å². The highest BCUT2D eigenvalue weighted by Crippen LogP contribution is 2.27. The second-order valence-electron chi connectivity index (χ2n) is 20.9. The van der Waals surface area contributed by atoms with Crippen LogP contribution in [0.2, 0.25) is 0 Å². The van der Waals surface area contributed by atoms with Crippen LogP contribution in [0.3, 0.4) is 0 Å². The van der Waals surface area contributed by atoms with Crippen molar-refractivity contribution in [2.45, 2.75) is 6.42 Å². The van der Waals surface area contributed by atoms with Crippen LogP contribution in [0, 0.1) is 0 Å². The number of rotatable bonds is 16. The van der Waals surface area contributed by atoms with Crippen LogP contribution < -0.4 is 21.7 Å². The fraction of sp³-hybridized carbons (Fsp3) is 0.0128. The zero-order valence-electron chi connectivity index (χ0n) is 51.3. The third-order valence-corrected chi connectivity index (χ3v) is 14.6. The molecule has 3 aromatic heterocycles. The lowest BCUT2D eigenvalue weighted by atomic mass is 10.0. The van der Waals surface area contributed by atoms with Crippen LogP contribution in [0.5, 0.6) is 0 Å². The van der Waals surface area contributed by atoms with E-state index in [1.54, 1.807) is 42.5 Å². The zero-order valence-corrected chi connectivity index (χ0v) is 51.3.